The summed E-state index contributed by atoms with van der Waals surface area (Å²) >= 11 is 0. The van der Waals surface area contributed by atoms with Gasteiger partial charge in [0.1, 0.15) is 17.4 Å². The molecule has 0 fully saturated rings. The standard InChI is InChI=1S/C15H23N3O3/c1-6-10(2)12(18-14(19)21-15(3,4)5)13-17-9-11(20-13)7-8-16/h9-10,12H,6-7H2,1-5H3,(H,18,19)/t10-,12-/m0/s1. The Labute approximate surface area is 125 Å². The number of carbonyl (C=O) groups is 1. The van der Waals surface area contributed by atoms with Crippen molar-refractivity contribution < 1.29 is 13.9 Å². The fourth-order valence-electron chi connectivity index (χ4n) is 1.74. The van der Waals surface area contributed by atoms with Crippen LogP contribution in [0.3, 0.4) is 0 Å². The topological polar surface area (TPSA) is 88.1 Å². The molecule has 1 N–H and O–H groups in total. The number of hydrogen-bond donors (Lipinski definition) is 1. The summed E-state index contributed by atoms with van der Waals surface area (Å²) in [6, 6.07) is 1.63. The summed E-state index contributed by atoms with van der Waals surface area (Å²) in [7, 11) is 0. The smallest absolute Gasteiger partial charge is 0.408 e. The van der Waals surface area contributed by atoms with Crippen LogP contribution in [0.15, 0.2) is 10.6 Å². The van der Waals surface area contributed by atoms with E-state index in [-0.39, 0.29) is 18.4 Å². The zero-order chi connectivity index (χ0) is 16.0. The molecule has 2 atom stereocenters. The summed E-state index contributed by atoms with van der Waals surface area (Å²) < 4.78 is 10.8. The molecule has 0 aliphatic carbocycles. The monoisotopic (exact) mass is 293 g/mol. The highest BCUT2D eigenvalue weighted by atomic mass is 16.6. The third kappa shape index (κ3) is 5.46. The Balaban J connectivity index is 2.85. The van der Waals surface area contributed by atoms with Gasteiger partial charge in [-0.1, -0.05) is 20.3 Å². The lowest BCUT2D eigenvalue weighted by Crippen LogP contribution is -2.37. The molecule has 1 amide bonds. The number of hydrogen-bond acceptors (Lipinski definition) is 5. The van der Waals surface area contributed by atoms with Gasteiger partial charge in [-0.3, -0.25) is 0 Å². The van der Waals surface area contributed by atoms with Crippen molar-refractivity contribution in [2.45, 2.75) is 59.1 Å². The molecule has 0 saturated carbocycles. The van der Waals surface area contributed by atoms with Gasteiger partial charge in [0.2, 0.25) is 5.89 Å². The highest BCUT2D eigenvalue weighted by Crippen LogP contribution is 2.25. The first-order valence-electron chi connectivity index (χ1n) is 7.08. The molecule has 0 aliphatic heterocycles. The van der Waals surface area contributed by atoms with Crippen LogP contribution in [-0.4, -0.2) is 16.7 Å². The molecule has 0 aliphatic rings. The van der Waals surface area contributed by atoms with Gasteiger partial charge in [-0.2, -0.15) is 5.26 Å². The first-order valence-corrected chi connectivity index (χ1v) is 7.08. The van der Waals surface area contributed by atoms with Crippen LogP contribution in [-0.2, 0) is 11.2 Å². The Morgan fingerprint density at radius 3 is 2.76 bits per heavy atom. The summed E-state index contributed by atoms with van der Waals surface area (Å²) in [6.07, 6.45) is 2.01. The van der Waals surface area contributed by atoms with E-state index >= 15 is 0 Å². The van der Waals surface area contributed by atoms with E-state index in [9.17, 15) is 4.79 Å². The molecule has 1 rings (SSSR count). The van der Waals surface area contributed by atoms with Gasteiger partial charge in [-0.25, -0.2) is 9.78 Å². The van der Waals surface area contributed by atoms with Crippen LogP contribution in [0, 0.1) is 17.2 Å². The zero-order valence-corrected chi connectivity index (χ0v) is 13.3. The van der Waals surface area contributed by atoms with E-state index in [2.05, 4.69) is 10.3 Å². The van der Waals surface area contributed by atoms with E-state index in [0.717, 1.165) is 6.42 Å². The molecule has 0 aromatic carbocycles. The van der Waals surface area contributed by atoms with Gasteiger partial charge < -0.3 is 14.5 Å². The first kappa shape index (κ1) is 17.0. The highest BCUT2D eigenvalue weighted by molar-refractivity contribution is 5.68. The second-order valence-electron chi connectivity index (χ2n) is 6.01. The third-order valence-corrected chi connectivity index (χ3v) is 2.98. The van der Waals surface area contributed by atoms with Crippen molar-refractivity contribution in [2.75, 3.05) is 0 Å². The van der Waals surface area contributed by atoms with Gasteiger partial charge in [0.15, 0.2) is 0 Å². The normalized spacial score (nSPS) is 14.1. The van der Waals surface area contributed by atoms with E-state index < -0.39 is 11.7 Å². The van der Waals surface area contributed by atoms with E-state index in [4.69, 9.17) is 14.4 Å². The fraction of sp³-hybridized carbons (Fsp3) is 0.667. The van der Waals surface area contributed by atoms with E-state index in [0.29, 0.717) is 11.7 Å². The molecule has 0 radical (unpaired) electrons. The summed E-state index contributed by atoms with van der Waals surface area (Å²) in [5.41, 5.74) is -0.563. The van der Waals surface area contributed by atoms with Crippen molar-refractivity contribution in [1.29, 1.82) is 5.26 Å². The number of nitrogens with one attached hydrogen (secondary N) is 1. The number of carbonyl (C=O) groups excluding carboxylic acids is 1. The average Bonchev–Trinajstić information content (AvgIpc) is 2.82. The summed E-state index contributed by atoms with van der Waals surface area (Å²) in [5.74, 6) is 1.03. The molecular weight excluding hydrogens is 270 g/mol. The van der Waals surface area contributed by atoms with Gasteiger partial charge >= 0.3 is 6.09 Å². The molecule has 1 heterocycles. The maximum Gasteiger partial charge on any atom is 0.408 e. The van der Waals surface area contributed by atoms with Crippen LogP contribution in [0.25, 0.3) is 0 Å². The minimum absolute atomic E-state index is 0.131. The van der Waals surface area contributed by atoms with Gasteiger partial charge in [0.05, 0.1) is 18.7 Å². The molecule has 0 saturated heterocycles. The minimum Gasteiger partial charge on any atom is -0.444 e. The lowest BCUT2D eigenvalue weighted by atomic mass is 9.99. The van der Waals surface area contributed by atoms with Crippen molar-refractivity contribution in [1.82, 2.24) is 10.3 Å². The Hall–Kier alpha value is -2.03. The number of aromatic nitrogens is 1. The maximum atomic E-state index is 11.9. The molecule has 0 bridgehead atoms. The molecule has 6 nitrogen and oxygen atoms in total. The first-order chi connectivity index (χ1) is 9.76. The van der Waals surface area contributed by atoms with E-state index in [1.807, 2.05) is 19.9 Å². The number of amides is 1. The van der Waals surface area contributed by atoms with Gasteiger partial charge in [0.25, 0.3) is 0 Å². The van der Waals surface area contributed by atoms with Crippen molar-refractivity contribution in [2.24, 2.45) is 5.92 Å². The Morgan fingerprint density at radius 2 is 2.24 bits per heavy atom. The van der Waals surface area contributed by atoms with Crippen LogP contribution < -0.4 is 5.32 Å². The number of oxazole rings is 1. The number of alkyl carbamates (subject to hydrolysis) is 1. The molecule has 21 heavy (non-hydrogen) atoms. The summed E-state index contributed by atoms with van der Waals surface area (Å²) in [4.78, 5) is 16.1. The lowest BCUT2D eigenvalue weighted by Gasteiger charge is -2.25. The largest absolute Gasteiger partial charge is 0.444 e. The second kappa shape index (κ2) is 7.11. The predicted octanol–water partition coefficient (Wildman–Crippen LogP) is 3.35. The Morgan fingerprint density at radius 1 is 1.57 bits per heavy atom. The number of ether oxygens (including phenoxy) is 1. The summed E-state index contributed by atoms with van der Waals surface area (Å²) in [6.45, 7) is 9.44. The Bertz CT molecular complexity index is 511. The zero-order valence-electron chi connectivity index (χ0n) is 13.3. The highest BCUT2D eigenvalue weighted by Gasteiger charge is 2.27. The maximum absolute atomic E-state index is 11.9. The molecule has 116 valence electrons. The SMILES string of the molecule is CC[C@H](C)[C@H](NC(=O)OC(C)(C)C)c1ncc(CC#N)o1. The number of rotatable bonds is 5. The van der Waals surface area contributed by atoms with Gasteiger partial charge in [-0.15, -0.1) is 0 Å². The molecule has 1 aromatic heterocycles. The van der Waals surface area contributed by atoms with Gasteiger partial charge in [-0.05, 0) is 26.7 Å². The lowest BCUT2D eigenvalue weighted by molar-refractivity contribution is 0.0475. The molecule has 6 heteroatoms. The predicted molar refractivity (Wildman–Crippen MR) is 77.4 cm³/mol. The second-order valence-corrected chi connectivity index (χ2v) is 6.01. The van der Waals surface area contributed by atoms with Crippen LogP contribution in [0.1, 0.15) is 58.7 Å². The molecule has 0 unspecified atom stereocenters. The quantitative estimate of drug-likeness (QED) is 0.899. The third-order valence-electron chi connectivity index (χ3n) is 2.98. The van der Waals surface area contributed by atoms with Crippen molar-refractivity contribution in [3.63, 3.8) is 0 Å². The van der Waals surface area contributed by atoms with Crippen molar-refractivity contribution >= 4 is 6.09 Å². The minimum atomic E-state index is -0.563. The fourth-order valence-corrected chi connectivity index (χ4v) is 1.74. The van der Waals surface area contributed by atoms with Crippen LogP contribution in [0.5, 0.6) is 0 Å². The van der Waals surface area contributed by atoms with Gasteiger partial charge in [0, 0.05) is 0 Å². The van der Waals surface area contributed by atoms with Crippen molar-refractivity contribution in [3.05, 3.63) is 17.8 Å². The number of nitriles is 1. The van der Waals surface area contributed by atoms with Crippen LogP contribution >= 0.6 is 0 Å². The molecular formula is C15H23N3O3. The number of nitrogens with zero attached hydrogens (tertiary/aromatic N) is 2. The average molecular weight is 293 g/mol. The summed E-state index contributed by atoms with van der Waals surface area (Å²) in [5, 5.41) is 11.5. The molecule has 0 spiro atoms. The molecule has 1 aromatic rings. The van der Waals surface area contributed by atoms with Crippen LogP contribution in [0.2, 0.25) is 0 Å². The van der Waals surface area contributed by atoms with E-state index in [1.54, 1.807) is 20.8 Å². The Kier molecular flexibility index (Phi) is 5.77. The van der Waals surface area contributed by atoms with Crippen LogP contribution in [0.4, 0.5) is 4.79 Å². The van der Waals surface area contributed by atoms with E-state index in [1.165, 1.54) is 6.20 Å². The van der Waals surface area contributed by atoms with Crippen molar-refractivity contribution in [3.8, 4) is 6.07 Å².